The molecule has 224 valence electrons. The SMILES string of the molecule is CC=N/C=C(C)/C=C/C.CSNc1cncc(C2=CCC3C4CC=C5CC(N=O)CCC5(C)[C@H]4CCC23C)c1.OO. The summed E-state index contributed by atoms with van der Waals surface area (Å²) in [5.41, 5.74) is 7.11. The number of nitrogens with one attached hydrogen (secondary N) is 1. The summed E-state index contributed by atoms with van der Waals surface area (Å²) >= 11 is 1.61. The minimum absolute atomic E-state index is 0.00384. The highest BCUT2D eigenvalue weighted by Crippen LogP contribution is 2.66. The number of nitroso groups, excluding NO2 is 1. The molecular formula is C33H48N4O3S. The van der Waals surface area contributed by atoms with Crippen LogP contribution >= 0.6 is 11.9 Å². The van der Waals surface area contributed by atoms with Crippen LogP contribution in [0.3, 0.4) is 0 Å². The van der Waals surface area contributed by atoms with Crippen molar-refractivity contribution < 1.29 is 10.5 Å². The van der Waals surface area contributed by atoms with Crippen LogP contribution in [0, 0.1) is 33.5 Å². The molecule has 0 saturated heterocycles. The van der Waals surface area contributed by atoms with Crippen LogP contribution in [-0.2, 0) is 0 Å². The lowest BCUT2D eigenvalue weighted by atomic mass is 9.47. The van der Waals surface area contributed by atoms with Gasteiger partial charge in [-0.3, -0.25) is 20.5 Å². The van der Waals surface area contributed by atoms with Gasteiger partial charge >= 0.3 is 0 Å². The Morgan fingerprint density at radius 2 is 1.85 bits per heavy atom. The largest absolute Gasteiger partial charge is 0.329 e. The smallest absolute Gasteiger partial charge is 0.0957 e. The first-order valence-electron chi connectivity index (χ1n) is 14.7. The fourth-order valence-corrected chi connectivity index (χ4v) is 8.35. The molecule has 0 radical (unpaired) electrons. The highest BCUT2D eigenvalue weighted by atomic mass is 32.2. The van der Waals surface area contributed by atoms with Gasteiger partial charge in [-0.05, 0) is 117 Å². The Hall–Kier alpha value is -2.55. The van der Waals surface area contributed by atoms with Gasteiger partial charge < -0.3 is 4.72 Å². The molecule has 4 aliphatic carbocycles. The fourth-order valence-electron chi connectivity index (χ4n) is 8.01. The topological polar surface area (TPSA) is 107 Å². The third-order valence-electron chi connectivity index (χ3n) is 9.93. The first kappa shape index (κ1) is 33.0. The summed E-state index contributed by atoms with van der Waals surface area (Å²) in [5, 5.41) is 15.4. The molecule has 2 saturated carbocycles. The van der Waals surface area contributed by atoms with Crippen LogP contribution in [0.1, 0.15) is 85.1 Å². The average molecular weight is 581 g/mol. The molecule has 0 aliphatic heterocycles. The number of anilines is 1. The molecule has 4 aliphatic rings. The van der Waals surface area contributed by atoms with E-state index < -0.39 is 0 Å². The van der Waals surface area contributed by atoms with Gasteiger partial charge in [0.2, 0.25) is 0 Å². The predicted octanol–water partition coefficient (Wildman–Crippen LogP) is 9.44. The number of pyridine rings is 1. The summed E-state index contributed by atoms with van der Waals surface area (Å²) < 4.78 is 3.33. The van der Waals surface area contributed by atoms with Crippen molar-refractivity contribution in [1.29, 1.82) is 0 Å². The summed E-state index contributed by atoms with van der Waals surface area (Å²) in [5.74, 6) is 2.20. The monoisotopic (exact) mass is 580 g/mol. The van der Waals surface area contributed by atoms with Crippen LogP contribution in [0.25, 0.3) is 5.57 Å². The minimum Gasteiger partial charge on any atom is -0.329 e. The lowest BCUT2D eigenvalue weighted by Crippen LogP contribution is -2.49. The third-order valence-corrected chi connectivity index (χ3v) is 10.4. The molecule has 1 aromatic rings. The quantitative estimate of drug-likeness (QED) is 0.0588. The molecule has 1 aromatic heterocycles. The molecule has 3 N–H and O–H groups in total. The van der Waals surface area contributed by atoms with Gasteiger partial charge in [0, 0.05) is 24.9 Å². The molecule has 0 aromatic carbocycles. The molecule has 0 bridgehead atoms. The van der Waals surface area contributed by atoms with E-state index in [9.17, 15) is 4.91 Å². The van der Waals surface area contributed by atoms with Crippen LogP contribution in [0.5, 0.6) is 0 Å². The van der Waals surface area contributed by atoms with Gasteiger partial charge in [0.1, 0.15) is 0 Å². The Morgan fingerprint density at radius 1 is 1.10 bits per heavy atom. The van der Waals surface area contributed by atoms with Crippen molar-refractivity contribution in [2.45, 2.75) is 85.6 Å². The maximum atomic E-state index is 11.2. The van der Waals surface area contributed by atoms with Gasteiger partial charge in [0.15, 0.2) is 0 Å². The van der Waals surface area contributed by atoms with Crippen molar-refractivity contribution in [1.82, 2.24) is 4.98 Å². The maximum absolute atomic E-state index is 11.2. The van der Waals surface area contributed by atoms with E-state index in [4.69, 9.17) is 10.5 Å². The number of aromatic nitrogens is 1. The van der Waals surface area contributed by atoms with E-state index in [2.05, 4.69) is 51.9 Å². The molecule has 8 heteroatoms. The van der Waals surface area contributed by atoms with Crippen LogP contribution in [0.4, 0.5) is 5.69 Å². The summed E-state index contributed by atoms with van der Waals surface area (Å²) in [7, 11) is 0. The maximum Gasteiger partial charge on any atom is 0.0957 e. The summed E-state index contributed by atoms with van der Waals surface area (Å²) in [6, 6.07) is 2.27. The van der Waals surface area contributed by atoms with Gasteiger partial charge in [0.25, 0.3) is 0 Å². The predicted molar refractivity (Wildman–Crippen MR) is 174 cm³/mol. The van der Waals surface area contributed by atoms with Crippen LogP contribution in [0.2, 0.25) is 0 Å². The van der Waals surface area contributed by atoms with Gasteiger partial charge in [-0.25, -0.2) is 0 Å². The van der Waals surface area contributed by atoms with E-state index in [0.717, 1.165) is 36.8 Å². The third kappa shape index (κ3) is 7.09. The molecule has 2 fully saturated rings. The Balaban J connectivity index is 0.000000362. The first-order chi connectivity index (χ1) is 19.8. The Labute approximate surface area is 250 Å². The number of hydrogen-bond donors (Lipinski definition) is 3. The Kier molecular flexibility index (Phi) is 12.1. The van der Waals surface area contributed by atoms with E-state index in [0.29, 0.717) is 5.92 Å². The molecule has 41 heavy (non-hydrogen) atoms. The number of rotatable bonds is 6. The molecule has 7 nitrogen and oxygen atoms in total. The summed E-state index contributed by atoms with van der Waals surface area (Å²) in [6.07, 6.45) is 26.5. The van der Waals surface area contributed by atoms with Gasteiger partial charge in [0.05, 0.1) is 17.9 Å². The van der Waals surface area contributed by atoms with E-state index in [1.165, 1.54) is 48.0 Å². The molecule has 6 atom stereocenters. The van der Waals surface area contributed by atoms with E-state index >= 15 is 0 Å². The minimum atomic E-state index is 0.00384. The summed E-state index contributed by atoms with van der Waals surface area (Å²) in [6.45, 7) is 10.9. The molecule has 0 amide bonds. The second-order valence-electron chi connectivity index (χ2n) is 12.1. The van der Waals surface area contributed by atoms with Crippen molar-refractivity contribution in [3.63, 3.8) is 0 Å². The van der Waals surface area contributed by atoms with Crippen molar-refractivity contribution in [3.05, 3.63) is 70.6 Å². The van der Waals surface area contributed by atoms with Crippen molar-refractivity contribution >= 4 is 29.4 Å². The molecular weight excluding hydrogens is 532 g/mol. The summed E-state index contributed by atoms with van der Waals surface area (Å²) in [4.78, 5) is 19.6. The van der Waals surface area contributed by atoms with Crippen LogP contribution < -0.4 is 4.72 Å². The normalized spacial score (nSPS) is 32.3. The Bertz CT molecular complexity index is 1190. The van der Waals surface area contributed by atoms with E-state index in [-0.39, 0.29) is 16.9 Å². The van der Waals surface area contributed by atoms with E-state index in [1.807, 2.05) is 57.8 Å². The number of allylic oxidation sites excluding steroid dienone is 6. The zero-order valence-electron chi connectivity index (χ0n) is 25.5. The van der Waals surface area contributed by atoms with Gasteiger partial charge in [-0.15, -0.1) is 0 Å². The number of aliphatic imine (C=N–C) groups is 1. The number of nitrogens with zero attached hydrogens (tertiary/aromatic N) is 3. The molecule has 1 heterocycles. The van der Waals surface area contributed by atoms with Crippen molar-refractivity contribution in [2.24, 2.45) is 38.8 Å². The average Bonchev–Trinajstić information content (AvgIpc) is 3.35. The lowest BCUT2D eigenvalue weighted by molar-refractivity contribution is -0.176. The van der Waals surface area contributed by atoms with Gasteiger partial charge in [-0.1, -0.05) is 60.8 Å². The van der Waals surface area contributed by atoms with Crippen molar-refractivity contribution in [3.8, 4) is 0 Å². The fraction of sp³-hybridized carbons (Fsp3) is 0.576. The molecule has 0 spiro atoms. The zero-order valence-corrected chi connectivity index (χ0v) is 26.3. The molecule has 5 rings (SSSR count). The highest BCUT2D eigenvalue weighted by Gasteiger charge is 2.56. The lowest BCUT2D eigenvalue weighted by Gasteiger charge is -2.57. The number of fused-ring (bicyclic) bond motifs is 5. The molecule has 5 unspecified atom stereocenters. The zero-order chi connectivity index (χ0) is 30.0. The van der Waals surface area contributed by atoms with Crippen LogP contribution in [-0.4, -0.2) is 34.0 Å². The van der Waals surface area contributed by atoms with Crippen LogP contribution in [0.15, 0.2) is 70.3 Å². The van der Waals surface area contributed by atoms with E-state index in [1.54, 1.807) is 18.2 Å². The Morgan fingerprint density at radius 3 is 2.54 bits per heavy atom. The first-order valence-corrected chi connectivity index (χ1v) is 16.0. The highest BCUT2D eigenvalue weighted by molar-refractivity contribution is 7.99. The van der Waals surface area contributed by atoms with Crippen molar-refractivity contribution in [2.75, 3.05) is 11.0 Å². The standard InChI is InChI=1S/C25H33N3OS.C8H13N.H2O2/c1-24-10-8-18(27-29)13-17(24)4-5-20-22-7-6-21(25(22,2)11-9-23(20)24)16-12-19(28-30-3)15-26-14-16;1-4-6-8(3)7-9-5-2;1-2/h4,6,12,14-15,18,20,22-23,28H,5,7-11,13H2,1-3H3;4-7H,1-3H3;1-2H/b;6-4+,8-7+,9-5?;/t18?,20?,22?,23-,24?,25?;;/m0../s1. The van der Waals surface area contributed by atoms with Gasteiger partial charge in [-0.2, -0.15) is 4.91 Å². The number of hydrogen-bond acceptors (Lipinski definition) is 8. The second-order valence-corrected chi connectivity index (χ2v) is 12.7. The second kappa shape index (κ2) is 15.1.